The third-order valence-corrected chi connectivity index (χ3v) is 5.38. The highest BCUT2D eigenvalue weighted by molar-refractivity contribution is 5.74. The number of para-hydroxylation sites is 1. The van der Waals surface area contributed by atoms with Crippen molar-refractivity contribution in [3.8, 4) is 0 Å². The minimum Gasteiger partial charge on any atom is -0.480 e. The Kier molecular flexibility index (Phi) is 9.07. The Morgan fingerprint density at radius 1 is 1.21 bits per heavy atom. The highest BCUT2D eigenvalue weighted by Gasteiger charge is 2.23. The molecule has 1 unspecified atom stereocenters. The van der Waals surface area contributed by atoms with Crippen molar-refractivity contribution in [3.63, 3.8) is 0 Å². The van der Waals surface area contributed by atoms with Gasteiger partial charge in [-0.2, -0.15) is 0 Å². The average Bonchev–Trinajstić information content (AvgIpc) is 2.94. The molecule has 0 spiro atoms. The van der Waals surface area contributed by atoms with Crippen LogP contribution in [-0.4, -0.2) is 79.3 Å². The van der Waals surface area contributed by atoms with E-state index in [9.17, 15) is 9.59 Å². The number of carbonyl (C=O) groups is 2. The fraction of sp³-hybridized carbons (Fsp3) is 0.619. The molecule has 1 aromatic rings. The summed E-state index contributed by atoms with van der Waals surface area (Å²) in [6.07, 6.45) is 3.54. The highest BCUT2D eigenvalue weighted by atomic mass is 16.4. The minimum atomic E-state index is -0.807. The molecule has 7 heteroatoms. The Morgan fingerprint density at radius 3 is 2.64 bits per heavy atom. The van der Waals surface area contributed by atoms with Crippen molar-refractivity contribution in [2.45, 2.75) is 38.6 Å². The van der Waals surface area contributed by atoms with Crippen molar-refractivity contribution in [1.82, 2.24) is 15.1 Å². The van der Waals surface area contributed by atoms with Crippen molar-refractivity contribution in [2.24, 2.45) is 0 Å². The second-order valence-electron chi connectivity index (χ2n) is 7.38. The van der Waals surface area contributed by atoms with Crippen LogP contribution in [0.2, 0.25) is 0 Å². The van der Waals surface area contributed by atoms with Crippen molar-refractivity contribution >= 4 is 17.7 Å². The standard InChI is InChI=1S/C21H34N4O3/c1-3-24(19-9-5-4-6-10-19)15-8-13-22-21(28)25-14-7-11-18(12-16-25)23(2)17-20(26)27/h4-6,9-10,18H,3,7-8,11-17H2,1-2H3,(H,22,28)(H,26,27). The van der Waals surface area contributed by atoms with E-state index in [1.54, 1.807) is 0 Å². The topological polar surface area (TPSA) is 76.1 Å². The average molecular weight is 391 g/mol. The summed E-state index contributed by atoms with van der Waals surface area (Å²) in [6, 6.07) is 10.5. The fourth-order valence-electron chi connectivity index (χ4n) is 3.75. The van der Waals surface area contributed by atoms with Crippen LogP contribution < -0.4 is 10.2 Å². The number of likely N-dealkylation sites (tertiary alicyclic amines) is 1. The maximum atomic E-state index is 12.5. The number of carboxylic acid groups (broad SMARTS) is 1. The van der Waals surface area contributed by atoms with E-state index >= 15 is 0 Å². The van der Waals surface area contributed by atoms with E-state index in [0.717, 1.165) is 45.3 Å². The van der Waals surface area contributed by atoms with Crippen LogP contribution in [0.25, 0.3) is 0 Å². The van der Waals surface area contributed by atoms with Gasteiger partial charge >= 0.3 is 12.0 Å². The summed E-state index contributed by atoms with van der Waals surface area (Å²) in [5.74, 6) is -0.807. The summed E-state index contributed by atoms with van der Waals surface area (Å²) in [5.41, 5.74) is 1.21. The van der Waals surface area contributed by atoms with Crippen LogP contribution in [0, 0.1) is 0 Å². The van der Waals surface area contributed by atoms with Crippen molar-refractivity contribution < 1.29 is 14.7 Å². The first-order valence-corrected chi connectivity index (χ1v) is 10.3. The van der Waals surface area contributed by atoms with E-state index in [4.69, 9.17) is 5.11 Å². The van der Waals surface area contributed by atoms with Gasteiger partial charge in [0.25, 0.3) is 0 Å². The molecule has 7 nitrogen and oxygen atoms in total. The lowest BCUT2D eigenvalue weighted by Crippen LogP contribution is -2.42. The van der Waals surface area contributed by atoms with Crippen LogP contribution in [-0.2, 0) is 4.79 Å². The number of benzene rings is 1. The largest absolute Gasteiger partial charge is 0.480 e. The lowest BCUT2D eigenvalue weighted by molar-refractivity contribution is -0.138. The quantitative estimate of drug-likeness (QED) is 0.634. The van der Waals surface area contributed by atoms with Crippen molar-refractivity contribution in [2.75, 3.05) is 51.2 Å². The number of hydrogen-bond donors (Lipinski definition) is 2. The number of nitrogens with one attached hydrogen (secondary N) is 1. The van der Waals surface area contributed by atoms with Gasteiger partial charge < -0.3 is 20.2 Å². The van der Waals surface area contributed by atoms with Crippen LogP contribution in [0.15, 0.2) is 30.3 Å². The second-order valence-corrected chi connectivity index (χ2v) is 7.38. The first-order valence-electron chi connectivity index (χ1n) is 10.3. The Labute approximate surface area is 168 Å². The number of rotatable bonds is 9. The van der Waals surface area contributed by atoms with E-state index in [0.29, 0.717) is 13.1 Å². The van der Waals surface area contributed by atoms with Gasteiger partial charge in [0, 0.05) is 44.5 Å². The first kappa shape index (κ1) is 22.0. The second kappa shape index (κ2) is 11.5. The van der Waals surface area contributed by atoms with E-state index in [2.05, 4.69) is 29.3 Å². The highest BCUT2D eigenvalue weighted by Crippen LogP contribution is 2.16. The lowest BCUT2D eigenvalue weighted by Gasteiger charge is -2.26. The molecule has 1 atom stereocenters. The molecule has 1 saturated heterocycles. The normalized spacial score (nSPS) is 17.2. The summed E-state index contributed by atoms with van der Waals surface area (Å²) >= 11 is 0. The zero-order valence-electron chi connectivity index (χ0n) is 17.1. The van der Waals surface area contributed by atoms with Gasteiger partial charge in [0.15, 0.2) is 0 Å². The third kappa shape index (κ3) is 7.03. The van der Waals surface area contributed by atoms with Gasteiger partial charge in [-0.05, 0) is 51.8 Å². The molecule has 0 aliphatic carbocycles. The summed E-state index contributed by atoms with van der Waals surface area (Å²) in [4.78, 5) is 29.4. The van der Waals surface area contributed by atoms with Crippen LogP contribution in [0.1, 0.15) is 32.6 Å². The monoisotopic (exact) mass is 390 g/mol. The number of hydrogen-bond acceptors (Lipinski definition) is 4. The van der Waals surface area contributed by atoms with Gasteiger partial charge in [-0.3, -0.25) is 9.69 Å². The Hall–Kier alpha value is -2.28. The molecule has 1 aliphatic rings. The summed E-state index contributed by atoms with van der Waals surface area (Å²) < 4.78 is 0. The molecule has 0 aromatic heterocycles. The SMILES string of the molecule is CCN(CCCNC(=O)N1CCCC(N(C)CC(=O)O)CC1)c1ccccc1. The minimum absolute atomic E-state index is 0.00991. The molecule has 156 valence electrons. The first-order chi connectivity index (χ1) is 13.5. The van der Waals surface area contributed by atoms with Gasteiger partial charge in [-0.1, -0.05) is 18.2 Å². The predicted molar refractivity (Wildman–Crippen MR) is 112 cm³/mol. The molecule has 2 N–H and O–H groups in total. The summed E-state index contributed by atoms with van der Waals surface area (Å²) in [7, 11) is 1.85. The van der Waals surface area contributed by atoms with Crippen LogP contribution in [0.4, 0.5) is 10.5 Å². The van der Waals surface area contributed by atoms with Crippen LogP contribution in [0.3, 0.4) is 0 Å². The Balaban J connectivity index is 1.70. The van der Waals surface area contributed by atoms with Gasteiger partial charge in [0.2, 0.25) is 0 Å². The molecular formula is C21H34N4O3. The molecule has 1 aromatic carbocycles. The smallest absolute Gasteiger partial charge is 0.317 e. The Bertz CT molecular complexity index is 611. The lowest BCUT2D eigenvalue weighted by atomic mass is 10.1. The fourth-order valence-corrected chi connectivity index (χ4v) is 3.75. The maximum Gasteiger partial charge on any atom is 0.317 e. The molecular weight excluding hydrogens is 356 g/mol. The molecule has 1 heterocycles. The maximum absolute atomic E-state index is 12.5. The van der Waals surface area contributed by atoms with Crippen molar-refractivity contribution in [3.05, 3.63) is 30.3 Å². The zero-order valence-corrected chi connectivity index (χ0v) is 17.1. The number of carbonyl (C=O) groups excluding carboxylic acids is 1. The van der Waals surface area contributed by atoms with Gasteiger partial charge in [-0.15, -0.1) is 0 Å². The molecule has 0 radical (unpaired) electrons. The number of aliphatic carboxylic acids is 1. The Morgan fingerprint density at radius 2 is 1.96 bits per heavy atom. The summed E-state index contributed by atoms with van der Waals surface area (Å²) in [5, 5.41) is 12.0. The van der Waals surface area contributed by atoms with Crippen molar-refractivity contribution in [1.29, 1.82) is 0 Å². The number of carboxylic acids is 1. The third-order valence-electron chi connectivity index (χ3n) is 5.38. The number of anilines is 1. The molecule has 0 saturated carbocycles. The molecule has 1 aliphatic heterocycles. The van der Waals surface area contributed by atoms with Crippen LogP contribution >= 0.6 is 0 Å². The van der Waals surface area contributed by atoms with Gasteiger partial charge in [0.05, 0.1) is 6.54 Å². The number of urea groups is 1. The number of nitrogens with zero attached hydrogens (tertiary/aromatic N) is 3. The molecule has 0 bridgehead atoms. The molecule has 2 amide bonds. The predicted octanol–water partition coefficient (Wildman–Crippen LogP) is 2.48. The molecule has 1 fully saturated rings. The summed E-state index contributed by atoms with van der Waals surface area (Å²) in [6.45, 7) is 6.09. The number of likely N-dealkylation sites (N-methyl/N-ethyl adjacent to an activating group) is 1. The molecule has 28 heavy (non-hydrogen) atoms. The number of amides is 2. The zero-order chi connectivity index (χ0) is 20.4. The van der Waals surface area contributed by atoms with Gasteiger partial charge in [-0.25, -0.2) is 4.79 Å². The van der Waals surface area contributed by atoms with E-state index in [1.807, 2.05) is 35.0 Å². The van der Waals surface area contributed by atoms with E-state index in [1.165, 1.54) is 5.69 Å². The van der Waals surface area contributed by atoms with Crippen LogP contribution in [0.5, 0.6) is 0 Å². The van der Waals surface area contributed by atoms with Gasteiger partial charge in [0.1, 0.15) is 0 Å². The van der Waals surface area contributed by atoms with E-state index in [-0.39, 0.29) is 18.6 Å². The molecule has 2 rings (SSSR count). The van der Waals surface area contributed by atoms with E-state index < -0.39 is 5.97 Å².